The zero-order chi connectivity index (χ0) is 15.8. The van der Waals surface area contributed by atoms with Gasteiger partial charge in [-0.05, 0) is 18.8 Å². The van der Waals surface area contributed by atoms with Crippen molar-refractivity contribution >= 4 is 17.9 Å². The second-order valence-corrected chi connectivity index (χ2v) is 5.59. The molecule has 0 saturated heterocycles. The van der Waals surface area contributed by atoms with Crippen molar-refractivity contribution in [2.24, 2.45) is 11.7 Å². The van der Waals surface area contributed by atoms with E-state index in [9.17, 15) is 14.4 Å². The topological polar surface area (TPSA) is 113 Å². The Bertz CT molecular complexity index is 380. The molecule has 21 heavy (non-hydrogen) atoms. The number of carboxylic acid groups (broad SMARTS) is 1. The molecule has 1 unspecified atom stereocenters. The van der Waals surface area contributed by atoms with Crippen molar-refractivity contribution in [2.75, 3.05) is 13.1 Å². The Labute approximate surface area is 124 Å². The number of carboxylic acids is 1. The molecule has 120 valence electrons. The number of hydrogen-bond donors (Lipinski definition) is 3. The summed E-state index contributed by atoms with van der Waals surface area (Å²) >= 11 is 0. The van der Waals surface area contributed by atoms with E-state index in [-0.39, 0.29) is 31.0 Å². The highest BCUT2D eigenvalue weighted by Gasteiger charge is 2.28. The highest BCUT2D eigenvalue weighted by Crippen LogP contribution is 2.23. The first-order valence-corrected chi connectivity index (χ1v) is 7.48. The van der Waals surface area contributed by atoms with Gasteiger partial charge < -0.3 is 21.1 Å². The Morgan fingerprint density at radius 3 is 2.43 bits per heavy atom. The summed E-state index contributed by atoms with van der Waals surface area (Å²) in [5.41, 5.74) is 5.21. The lowest BCUT2D eigenvalue weighted by Crippen LogP contribution is -2.49. The van der Waals surface area contributed by atoms with Gasteiger partial charge in [-0.3, -0.25) is 9.59 Å². The smallest absolute Gasteiger partial charge is 0.318 e. The van der Waals surface area contributed by atoms with Crippen LogP contribution in [-0.2, 0) is 9.59 Å². The van der Waals surface area contributed by atoms with E-state index in [1.807, 2.05) is 6.92 Å². The number of carbonyl (C=O) groups excluding carboxylic acids is 2. The van der Waals surface area contributed by atoms with Crippen molar-refractivity contribution in [1.29, 1.82) is 0 Å². The van der Waals surface area contributed by atoms with E-state index >= 15 is 0 Å². The minimum atomic E-state index is -0.874. The average molecular weight is 299 g/mol. The highest BCUT2D eigenvalue weighted by molar-refractivity contribution is 5.83. The molecule has 1 aliphatic carbocycles. The maximum absolute atomic E-state index is 12.2. The van der Waals surface area contributed by atoms with E-state index in [0.29, 0.717) is 13.0 Å². The van der Waals surface area contributed by atoms with Crippen molar-refractivity contribution in [3.8, 4) is 0 Å². The van der Waals surface area contributed by atoms with Crippen LogP contribution in [0.15, 0.2) is 0 Å². The van der Waals surface area contributed by atoms with Crippen LogP contribution in [0, 0.1) is 5.92 Å². The number of amides is 3. The van der Waals surface area contributed by atoms with E-state index in [1.54, 1.807) is 0 Å². The minimum absolute atomic E-state index is 0.0238. The van der Waals surface area contributed by atoms with Crippen LogP contribution in [0.2, 0.25) is 0 Å². The Kier molecular flexibility index (Phi) is 6.98. The number of urea groups is 1. The van der Waals surface area contributed by atoms with Gasteiger partial charge in [-0.15, -0.1) is 0 Å². The molecule has 1 rings (SSSR count). The molecule has 0 heterocycles. The molecule has 0 spiro atoms. The molecule has 0 aromatic rings. The van der Waals surface area contributed by atoms with Gasteiger partial charge in [0.15, 0.2) is 0 Å². The van der Waals surface area contributed by atoms with E-state index < -0.39 is 11.9 Å². The number of rotatable bonds is 8. The Morgan fingerprint density at radius 2 is 1.95 bits per heavy atom. The molecule has 0 radical (unpaired) electrons. The van der Waals surface area contributed by atoms with Crippen LogP contribution >= 0.6 is 0 Å². The zero-order valence-electron chi connectivity index (χ0n) is 12.5. The molecule has 7 nitrogen and oxygen atoms in total. The summed E-state index contributed by atoms with van der Waals surface area (Å²) in [5, 5.41) is 11.5. The molecule has 3 amide bonds. The fourth-order valence-corrected chi connectivity index (χ4v) is 2.69. The van der Waals surface area contributed by atoms with Crippen molar-refractivity contribution in [1.82, 2.24) is 10.2 Å². The van der Waals surface area contributed by atoms with Gasteiger partial charge in [0, 0.05) is 19.0 Å². The lowest BCUT2D eigenvalue weighted by Gasteiger charge is -2.28. The maximum atomic E-state index is 12.2. The van der Waals surface area contributed by atoms with Crippen LogP contribution < -0.4 is 11.1 Å². The fraction of sp³-hybridized carbons (Fsp3) is 0.786. The van der Waals surface area contributed by atoms with Crippen LogP contribution in [0.25, 0.3) is 0 Å². The van der Waals surface area contributed by atoms with Crippen LogP contribution in [0.1, 0.15) is 45.4 Å². The Balaban J connectivity index is 2.54. The first-order valence-electron chi connectivity index (χ1n) is 7.48. The number of primary amides is 1. The van der Waals surface area contributed by atoms with Crippen LogP contribution in [0.3, 0.4) is 0 Å². The van der Waals surface area contributed by atoms with Gasteiger partial charge in [0.1, 0.15) is 6.54 Å². The molecule has 1 saturated carbocycles. The predicted octanol–water partition coefficient (Wildman–Crippen LogP) is 0.927. The van der Waals surface area contributed by atoms with Crippen LogP contribution in [-0.4, -0.2) is 47.0 Å². The SMILES string of the molecule is CCC(CNC(=O)N(CC(N)=O)C1CCCC1)CC(=O)O. The first kappa shape index (κ1) is 17.3. The van der Waals surface area contributed by atoms with Crippen molar-refractivity contribution in [2.45, 2.75) is 51.5 Å². The molecular weight excluding hydrogens is 274 g/mol. The summed E-state index contributed by atoms with van der Waals surface area (Å²) in [7, 11) is 0. The van der Waals surface area contributed by atoms with Gasteiger partial charge in [-0.2, -0.15) is 0 Å². The number of nitrogens with two attached hydrogens (primary N) is 1. The Morgan fingerprint density at radius 1 is 1.33 bits per heavy atom. The van der Waals surface area contributed by atoms with Gasteiger partial charge in [0.25, 0.3) is 0 Å². The minimum Gasteiger partial charge on any atom is -0.481 e. The lowest BCUT2D eigenvalue weighted by molar-refractivity contribution is -0.138. The number of nitrogens with one attached hydrogen (secondary N) is 1. The molecule has 7 heteroatoms. The monoisotopic (exact) mass is 299 g/mol. The molecule has 1 aliphatic rings. The zero-order valence-corrected chi connectivity index (χ0v) is 12.5. The quantitative estimate of drug-likeness (QED) is 0.618. The molecular formula is C14H25N3O4. The molecule has 1 fully saturated rings. The van der Waals surface area contributed by atoms with E-state index in [1.165, 1.54) is 4.90 Å². The van der Waals surface area contributed by atoms with Gasteiger partial charge in [0.2, 0.25) is 5.91 Å². The van der Waals surface area contributed by atoms with Crippen LogP contribution in [0.4, 0.5) is 4.79 Å². The number of nitrogens with zero attached hydrogens (tertiary/aromatic N) is 1. The van der Waals surface area contributed by atoms with Crippen molar-refractivity contribution in [3.63, 3.8) is 0 Å². The summed E-state index contributed by atoms with van der Waals surface area (Å²) in [4.78, 5) is 35.6. The van der Waals surface area contributed by atoms with Gasteiger partial charge in [-0.1, -0.05) is 26.2 Å². The third-order valence-electron chi connectivity index (χ3n) is 3.94. The summed E-state index contributed by atoms with van der Waals surface area (Å²) in [6.45, 7) is 2.09. The van der Waals surface area contributed by atoms with Crippen molar-refractivity contribution < 1.29 is 19.5 Å². The Hall–Kier alpha value is -1.79. The third-order valence-corrected chi connectivity index (χ3v) is 3.94. The molecule has 1 atom stereocenters. The second-order valence-electron chi connectivity index (χ2n) is 5.59. The van der Waals surface area contributed by atoms with Gasteiger partial charge >= 0.3 is 12.0 Å². The first-order chi connectivity index (χ1) is 9.93. The normalized spacial score (nSPS) is 16.4. The number of carbonyl (C=O) groups is 3. The summed E-state index contributed by atoms with van der Waals surface area (Å²) < 4.78 is 0. The third kappa shape index (κ3) is 6.01. The summed E-state index contributed by atoms with van der Waals surface area (Å²) in [6.07, 6.45) is 4.55. The van der Waals surface area contributed by atoms with E-state index in [0.717, 1.165) is 25.7 Å². The summed E-state index contributed by atoms with van der Waals surface area (Å²) in [6, 6.07) is -0.276. The van der Waals surface area contributed by atoms with Crippen molar-refractivity contribution in [3.05, 3.63) is 0 Å². The van der Waals surface area contributed by atoms with Gasteiger partial charge in [0.05, 0.1) is 0 Å². The highest BCUT2D eigenvalue weighted by atomic mass is 16.4. The fourth-order valence-electron chi connectivity index (χ4n) is 2.69. The van der Waals surface area contributed by atoms with Crippen LogP contribution in [0.5, 0.6) is 0 Å². The summed E-state index contributed by atoms with van der Waals surface area (Å²) in [5.74, 6) is -1.51. The van der Waals surface area contributed by atoms with Gasteiger partial charge in [-0.25, -0.2) is 4.79 Å². The molecule has 0 aromatic heterocycles. The molecule has 4 N–H and O–H groups in total. The second kappa shape index (κ2) is 8.49. The van der Waals surface area contributed by atoms with E-state index in [4.69, 9.17) is 10.8 Å². The average Bonchev–Trinajstić information content (AvgIpc) is 2.93. The molecule has 0 aliphatic heterocycles. The largest absolute Gasteiger partial charge is 0.481 e. The number of aliphatic carboxylic acids is 1. The standard InChI is InChI=1S/C14H25N3O4/c1-2-10(7-13(19)20)8-16-14(21)17(9-12(15)18)11-5-3-4-6-11/h10-11H,2-9H2,1H3,(H2,15,18)(H,16,21)(H,19,20). The maximum Gasteiger partial charge on any atom is 0.318 e. The lowest BCUT2D eigenvalue weighted by atomic mass is 10.0. The molecule has 0 bridgehead atoms. The number of hydrogen-bond acceptors (Lipinski definition) is 3. The molecule has 0 aromatic carbocycles. The predicted molar refractivity (Wildman–Crippen MR) is 77.6 cm³/mol. The van der Waals surface area contributed by atoms with E-state index in [2.05, 4.69) is 5.32 Å².